The molecule has 1 aromatic heterocycles. The molecule has 30 heavy (non-hydrogen) atoms. The molecule has 2 heterocycles. The van der Waals surface area contributed by atoms with E-state index >= 15 is 4.39 Å². The lowest BCUT2D eigenvalue weighted by Gasteiger charge is -2.34. The molecule has 2 aromatic carbocycles. The van der Waals surface area contributed by atoms with Crippen LogP contribution in [0, 0.1) is 12.7 Å². The summed E-state index contributed by atoms with van der Waals surface area (Å²) in [6, 6.07) is 8.65. The molecule has 4 rings (SSSR count). The molecule has 1 fully saturated rings. The van der Waals surface area contributed by atoms with Gasteiger partial charge in [-0.3, -0.25) is 9.58 Å². The third-order valence-corrected chi connectivity index (χ3v) is 6.72. The summed E-state index contributed by atoms with van der Waals surface area (Å²) in [6.45, 7) is 6.54. The fourth-order valence-corrected chi connectivity index (χ4v) is 4.73. The standard InChI is InChI=1S/C22H23Cl2FN4O/c1-4-19(30)29-10-9-22(12-29,20-17(25)8-7-16(23)21(20)24)26-14-5-6-15-13(2)28(3)27-18(15)11-14/h4-8,11,19,26,30H,1,9-10,12H2,2-3H3/t19?,22-/m1/s1. The highest BCUT2D eigenvalue weighted by Crippen LogP contribution is 2.43. The summed E-state index contributed by atoms with van der Waals surface area (Å²) < 4.78 is 16.9. The van der Waals surface area contributed by atoms with Crippen molar-refractivity contribution in [3.63, 3.8) is 0 Å². The molecule has 3 aromatic rings. The number of halogens is 3. The highest BCUT2D eigenvalue weighted by atomic mass is 35.5. The van der Waals surface area contributed by atoms with E-state index in [0.29, 0.717) is 25.1 Å². The van der Waals surface area contributed by atoms with Gasteiger partial charge in [-0.15, -0.1) is 0 Å². The van der Waals surface area contributed by atoms with Crippen molar-refractivity contribution in [1.82, 2.24) is 14.7 Å². The Labute approximate surface area is 184 Å². The molecule has 0 saturated carbocycles. The van der Waals surface area contributed by atoms with Crippen LogP contribution in [-0.2, 0) is 12.6 Å². The monoisotopic (exact) mass is 448 g/mol. The zero-order valence-corrected chi connectivity index (χ0v) is 18.3. The zero-order valence-electron chi connectivity index (χ0n) is 16.8. The van der Waals surface area contributed by atoms with Crippen LogP contribution in [0.15, 0.2) is 43.0 Å². The second kappa shape index (κ2) is 7.85. The number of aliphatic hydroxyl groups excluding tert-OH is 1. The van der Waals surface area contributed by atoms with E-state index in [4.69, 9.17) is 23.2 Å². The molecule has 0 radical (unpaired) electrons. The Morgan fingerprint density at radius 3 is 2.83 bits per heavy atom. The van der Waals surface area contributed by atoms with E-state index in [1.54, 1.807) is 0 Å². The fraction of sp³-hybridized carbons (Fsp3) is 0.318. The Hall–Kier alpha value is -2.12. The molecule has 2 N–H and O–H groups in total. The molecule has 0 aliphatic carbocycles. The van der Waals surface area contributed by atoms with Crippen LogP contribution in [0.3, 0.4) is 0 Å². The molecule has 0 bridgehead atoms. The maximum Gasteiger partial charge on any atom is 0.130 e. The van der Waals surface area contributed by atoms with E-state index in [1.807, 2.05) is 41.8 Å². The van der Waals surface area contributed by atoms with Crippen LogP contribution in [0.2, 0.25) is 10.0 Å². The number of aryl methyl sites for hydroxylation is 2. The first-order valence-corrected chi connectivity index (χ1v) is 10.4. The number of likely N-dealkylation sites (tertiary alicyclic amines) is 1. The van der Waals surface area contributed by atoms with Gasteiger partial charge in [-0.1, -0.05) is 29.8 Å². The minimum Gasteiger partial charge on any atom is -0.375 e. The fourth-order valence-electron chi connectivity index (χ4n) is 4.23. The minimum absolute atomic E-state index is 0.175. The van der Waals surface area contributed by atoms with E-state index in [9.17, 15) is 5.11 Å². The number of nitrogens with zero attached hydrogens (tertiary/aromatic N) is 3. The number of benzene rings is 2. The summed E-state index contributed by atoms with van der Waals surface area (Å²) in [5, 5.41) is 19.8. The van der Waals surface area contributed by atoms with Gasteiger partial charge >= 0.3 is 0 Å². The molecule has 1 aliphatic heterocycles. The maximum atomic E-state index is 15.0. The third-order valence-electron chi connectivity index (χ3n) is 5.92. The van der Waals surface area contributed by atoms with Crippen molar-refractivity contribution >= 4 is 39.8 Å². The number of hydrogen-bond donors (Lipinski definition) is 2. The maximum absolute atomic E-state index is 15.0. The molecule has 5 nitrogen and oxygen atoms in total. The lowest BCUT2D eigenvalue weighted by Crippen LogP contribution is -2.42. The molecule has 0 amide bonds. The van der Waals surface area contributed by atoms with E-state index in [1.165, 1.54) is 18.2 Å². The van der Waals surface area contributed by atoms with Crippen LogP contribution in [0.25, 0.3) is 10.9 Å². The Morgan fingerprint density at radius 1 is 1.33 bits per heavy atom. The van der Waals surface area contributed by atoms with Crippen molar-refractivity contribution in [3.05, 3.63) is 70.1 Å². The first-order valence-electron chi connectivity index (χ1n) is 9.66. The lowest BCUT2D eigenvalue weighted by atomic mass is 9.87. The van der Waals surface area contributed by atoms with Gasteiger partial charge in [0.15, 0.2) is 0 Å². The van der Waals surface area contributed by atoms with Gasteiger partial charge in [0.2, 0.25) is 0 Å². The van der Waals surface area contributed by atoms with Gasteiger partial charge in [-0.05, 0) is 49.8 Å². The summed E-state index contributed by atoms with van der Waals surface area (Å²) >= 11 is 12.7. The van der Waals surface area contributed by atoms with Crippen LogP contribution < -0.4 is 5.32 Å². The quantitative estimate of drug-likeness (QED) is 0.432. The van der Waals surface area contributed by atoms with E-state index in [0.717, 1.165) is 22.3 Å². The van der Waals surface area contributed by atoms with Crippen LogP contribution in [0.5, 0.6) is 0 Å². The second-order valence-corrected chi connectivity index (χ2v) is 8.52. The van der Waals surface area contributed by atoms with Gasteiger partial charge in [0.1, 0.15) is 12.0 Å². The van der Waals surface area contributed by atoms with Gasteiger partial charge in [0, 0.05) is 42.5 Å². The number of aliphatic hydroxyl groups is 1. The molecular weight excluding hydrogens is 426 g/mol. The molecule has 8 heteroatoms. The Morgan fingerprint density at radius 2 is 2.10 bits per heavy atom. The first-order chi connectivity index (χ1) is 14.3. The largest absolute Gasteiger partial charge is 0.375 e. The summed E-state index contributed by atoms with van der Waals surface area (Å²) in [5.74, 6) is -0.443. The van der Waals surface area contributed by atoms with Crippen LogP contribution in [0.1, 0.15) is 17.7 Å². The zero-order chi connectivity index (χ0) is 21.6. The van der Waals surface area contributed by atoms with Gasteiger partial charge in [0.05, 0.1) is 21.1 Å². The third kappa shape index (κ3) is 3.48. The normalized spacial score (nSPS) is 20.6. The van der Waals surface area contributed by atoms with Gasteiger partial charge < -0.3 is 10.4 Å². The minimum atomic E-state index is -0.881. The number of aromatic nitrogens is 2. The lowest BCUT2D eigenvalue weighted by molar-refractivity contribution is 0.0575. The predicted octanol–water partition coefficient (Wildman–Crippen LogP) is 4.85. The van der Waals surface area contributed by atoms with Crippen molar-refractivity contribution in [2.45, 2.75) is 25.1 Å². The number of anilines is 1. The summed E-state index contributed by atoms with van der Waals surface area (Å²) in [6.07, 6.45) is 1.14. The summed E-state index contributed by atoms with van der Waals surface area (Å²) in [7, 11) is 1.90. The van der Waals surface area contributed by atoms with E-state index in [2.05, 4.69) is 17.0 Å². The second-order valence-electron chi connectivity index (χ2n) is 7.74. The average Bonchev–Trinajstić information content (AvgIpc) is 3.26. The van der Waals surface area contributed by atoms with Crippen molar-refractivity contribution in [1.29, 1.82) is 0 Å². The van der Waals surface area contributed by atoms with Crippen LogP contribution in [-0.4, -0.2) is 39.1 Å². The molecule has 158 valence electrons. The SMILES string of the molecule is C=CC(O)N1CC[C@](Nc2ccc3c(C)n(C)nc3c2)(c2c(F)ccc(Cl)c2Cl)C1. The molecule has 0 spiro atoms. The topological polar surface area (TPSA) is 53.3 Å². The highest BCUT2D eigenvalue weighted by molar-refractivity contribution is 6.42. The van der Waals surface area contributed by atoms with Gasteiger partial charge in [-0.25, -0.2) is 4.39 Å². The van der Waals surface area contributed by atoms with E-state index in [-0.39, 0.29) is 10.0 Å². The van der Waals surface area contributed by atoms with Crippen molar-refractivity contribution < 1.29 is 9.50 Å². The van der Waals surface area contributed by atoms with Crippen molar-refractivity contribution in [2.75, 3.05) is 18.4 Å². The smallest absolute Gasteiger partial charge is 0.130 e. The number of hydrogen-bond acceptors (Lipinski definition) is 4. The van der Waals surface area contributed by atoms with Gasteiger partial charge in [0.25, 0.3) is 0 Å². The van der Waals surface area contributed by atoms with Gasteiger partial charge in [-0.2, -0.15) is 5.10 Å². The number of nitrogens with one attached hydrogen (secondary N) is 1. The average molecular weight is 449 g/mol. The van der Waals surface area contributed by atoms with E-state index < -0.39 is 17.6 Å². The van der Waals surface area contributed by atoms with Crippen molar-refractivity contribution in [3.8, 4) is 0 Å². The molecular formula is C22H23Cl2FN4O. The summed E-state index contributed by atoms with van der Waals surface area (Å²) in [4.78, 5) is 1.82. The number of fused-ring (bicyclic) bond motifs is 1. The molecule has 1 saturated heterocycles. The summed E-state index contributed by atoms with van der Waals surface area (Å²) in [5.41, 5.74) is 2.11. The molecule has 2 atom stereocenters. The van der Waals surface area contributed by atoms with Crippen LogP contribution >= 0.6 is 23.2 Å². The highest BCUT2D eigenvalue weighted by Gasteiger charge is 2.44. The Kier molecular flexibility index (Phi) is 5.53. The Balaban J connectivity index is 1.81. The molecule has 1 aliphatic rings. The Bertz CT molecular complexity index is 1130. The van der Waals surface area contributed by atoms with Crippen molar-refractivity contribution in [2.24, 2.45) is 7.05 Å². The first kappa shape index (κ1) is 21.1. The predicted molar refractivity (Wildman–Crippen MR) is 120 cm³/mol. The molecule has 1 unspecified atom stereocenters. The number of rotatable bonds is 5. The van der Waals surface area contributed by atoms with Crippen LogP contribution in [0.4, 0.5) is 10.1 Å².